The Hall–Kier alpha value is -2.63. The molecule has 0 unspecified atom stereocenters. The summed E-state index contributed by atoms with van der Waals surface area (Å²) in [5.74, 6) is 1.11. The standard InChI is InChI=1S/C19H22FN3O2/c1-14-7-9-23(10-8-14)19(24)22-13-15-5-6-18(21-12-15)25-17-4-2-3-16(20)11-17/h2-6,11-12,14H,7-10,13H2,1H3,(H,22,24). The summed E-state index contributed by atoms with van der Waals surface area (Å²) in [6, 6.07) is 9.40. The monoisotopic (exact) mass is 343 g/mol. The van der Waals surface area contributed by atoms with E-state index in [1.807, 2.05) is 11.0 Å². The van der Waals surface area contributed by atoms with Crippen LogP contribution in [0.2, 0.25) is 0 Å². The number of halogens is 1. The van der Waals surface area contributed by atoms with E-state index in [-0.39, 0.29) is 11.8 Å². The minimum atomic E-state index is -0.357. The number of aromatic nitrogens is 1. The van der Waals surface area contributed by atoms with Gasteiger partial charge in [-0.15, -0.1) is 0 Å². The molecule has 2 aromatic rings. The first-order chi connectivity index (χ1) is 12.1. The van der Waals surface area contributed by atoms with E-state index in [2.05, 4.69) is 17.2 Å². The third-order valence-electron chi connectivity index (χ3n) is 4.33. The van der Waals surface area contributed by atoms with Crippen LogP contribution in [0.15, 0.2) is 42.6 Å². The second-order valence-corrected chi connectivity index (χ2v) is 6.39. The minimum Gasteiger partial charge on any atom is -0.439 e. The number of nitrogens with zero attached hydrogens (tertiary/aromatic N) is 2. The van der Waals surface area contributed by atoms with E-state index in [9.17, 15) is 9.18 Å². The van der Waals surface area contributed by atoms with Crippen LogP contribution in [0.3, 0.4) is 0 Å². The molecule has 0 saturated carbocycles. The van der Waals surface area contributed by atoms with Gasteiger partial charge in [0.1, 0.15) is 11.6 Å². The zero-order chi connectivity index (χ0) is 17.6. The smallest absolute Gasteiger partial charge is 0.317 e. The third-order valence-corrected chi connectivity index (χ3v) is 4.33. The zero-order valence-corrected chi connectivity index (χ0v) is 14.2. The van der Waals surface area contributed by atoms with Gasteiger partial charge in [0.25, 0.3) is 0 Å². The van der Waals surface area contributed by atoms with Gasteiger partial charge >= 0.3 is 6.03 Å². The third kappa shape index (κ3) is 4.92. The summed E-state index contributed by atoms with van der Waals surface area (Å²) in [4.78, 5) is 18.2. The van der Waals surface area contributed by atoms with Crippen LogP contribution in [0.1, 0.15) is 25.3 Å². The molecule has 0 spiro atoms. The lowest BCUT2D eigenvalue weighted by atomic mass is 10.00. The van der Waals surface area contributed by atoms with Crippen molar-refractivity contribution in [3.63, 3.8) is 0 Å². The first kappa shape index (κ1) is 17.2. The maximum Gasteiger partial charge on any atom is 0.317 e. The average molecular weight is 343 g/mol. The molecule has 5 nitrogen and oxygen atoms in total. The van der Waals surface area contributed by atoms with Crippen molar-refractivity contribution in [3.8, 4) is 11.6 Å². The lowest BCUT2D eigenvalue weighted by Gasteiger charge is -2.30. The molecule has 0 aliphatic carbocycles. The number of carbonyl (C=O) groups is 1. The van der Waals surface area contributed by atoms with Crippen LogP contribution in [0.4, 0.5) is 9.18 Å². The Bertz CT molecular complexity index is 713. The fourth-order valence-electron chi connectivity index (χ4n) is 2.73. The maximum absolute atomic E-state index is 13.1. The van der Waals surface area contributed by atoms with Crippen LogP contribution in [-0.2, 0) is 6.54 Å². The van der Waals surface area contributed by atoms with Crippen LogP contribution in [0, 0.1) is 11.7 Å². The van der Waals surface area contributed by atoms with Crippen molar-refractivity contribution < 1.29 is 13.9 Å². The lowest BCUT2D eigenvalue weighted by Crippen LogP contribution is -2.43. The summed E-state index contributed by atoms with van der Waals surface area (Å²) in [7, 11) is 0. The molecule has 1 aliphatic rings. The van der Waals surface area contributed by atoms with Gasteiger partial charge in [0, 0.05) is 38.0 Å². The number of hydrogen-bond acceptors (Lipinski definition) is 3. The Morgan fingerprint density at radius 3 is 2.80 bits per heavy atom. The van der Waals surface area contributed by atoms with Crippen molar-refractivity contribution in [1.82, 2.24) is 15.2 Å². The van der Waals surface area contributed by atoms with Gasteiger partial charge in [-0.3, -0.25) is 0 Å². The van der Waals surface area contributed by atoms with Crippen molar-refractivity contribution >= 4 is 6.03 Å². The molecule has 3 rings (SSSR count). The molecule has 0 atom stereocenters. The van der Waals surface area contributed by atoms with E-state index >= 15 is 0 Å². The van der Waals surface area contributed by atoms with E-state index in [0.717, 1.165) is 31.5 Å². The van der Waals surface area contributed by atoms with E-state index in [0.29, 0.717) is 24.1 Å². The van der Waals surface area contributed by atoms with Crippen molar-refractivity contribution in [1.29, 1.82) is 0 Å². The van der Waals surface area contributed by atoms with Gasteiger partial charge < -0.3 is 15.0 Å². The zero-order valence-electron chi connectivity index (χ0n) is 14.2. The summed E-state index contributed by atoms with van der Waals surface area (Å²) >= 11 is 0. The van der Waals surface area contributed by atoms with Crippen LogP contribution >= 0.6 is 0 Å². The molecule has 0 radical (unpaired) electrons. The highest BCUT2D eigenvalue weighted by Crippen LogP contribution is 2.20. The minimum absolute atomic E-state index is 0.0352. The second-order valence-electron chi connectivity index (χ2n) is 6.39. The summed E-state index contributed by atoms with van der Waals surface area (Å²) in [6.07, 6.45) is 3.76. The maximum atomic E-state index is 13.1. The molecule has 1 aliphatic heterocycles. The topological polar surface area (TPSA) is 54.5 Å². The highest BCUT2D eigenvalue weighted by Gasteiger charge is 2.19. The molecular weight excluding hydrogens is 321 g/mol. The average Bonchev–Trinajstić information content (AvgIpc) is 2.61. The highest BCUT2D eigenvalue weighted by atomic mass is 19.1. The predicted molar refractivity (Wildman–Crippen MR) is 92.9 cm³/mol. The normalized spacial score (nSPS) is 15.0. The van der Waals surface area contributed by atoms with Gasteiger partial charge in [-0.05, 0) is 36.5 Å². The Kier molecular flexibility index (Phi) is 5.48. The Balaban J connectivity index is 1.50. The lowest BCUT2D eigenvalue weighted by molar-refractivity contribution is 0.173. The van der Waals surface area contributed by atoms with Crippen molar-refractivity contribution in [2.45, 2.75) is 26.3 Å². The Morgan fingerprint density at radius 1 is 1.32 bits per heavy atom. The Labute approximate surface area is 146 Å². The number of piperidine rings is 1. The molecule has 1 saturated heterocycles. The molecule has 2 heterocycles. The van der Waals surface area contributed by atoms with Gasteiger partial charge in [0.15, 0.2) is 0 Å². The predicted octanol–water partition coefficient (Wildman–Crippen LogP) is 3.95. The SMILES string of the molecule is CC1CCN(C(=O)NCc2ccc(Oc3cccc(F)c3)nc2)CC1. The van der Waals surface area contributed by atoms with E-state index in [1.54, 1.807) is 24.4 Å². The van der Waals surface area contributed by atoms with Crippen LogP contribution in [0.5, 0.6) is 11.6 Å². The van der Waals surface area contributed by atoms with E-state index < -0.39 is 0 Å². The molecular formula is C19H22FN3O2. The van der Waals surface area contributed by atoms with Crippen molar-refractivity contribution in [2.75, 3.05) is 13.1 Å². The first-order valence-corrected chi connectivity index (χ1v) is 8.51. The van der Waals surface area contributed by atoms with E-state index in [1.165, 1.54) is 12.1 Å². The number of nitrogens with one attached hydrogen (secondary N) is 1. The van der Waals surface area contributed by atoms with Crippen molar-refractivity contribution in [2.24, 2.45) is 5.92 Å². The quantitative estimate of drug-likeness (QED) is 0.914. The van der Waals surface area contributed by atoms with E-state index in [4.69, 9.17) is 4.74 Å². The fourth-order valence-corrected chi connectivity index (χ4v) is 2.73. The van der Waals surface area contributed by atoms with Gasteiger partial charge in [-0.2, -0.15) is 0 Å². The summed E-state index contributed by atoms with van der Waals surface area (Å²) in [5.41, 5.74) is 0.880. The molecule has 6 heteroatoms. The number of likely N-dealkylation sites (tertiary alicyclic amines) is 1. The van der Waals surface area contributed by atoms with Gasteiger partial charge in [-0.1, -0.05) is 19.1 Å². The molecule has 25 heavy (non-hydrogen) atoms. The van der Waals surface area contributed by atoms with Gasteiger partial charge in [0.05, 0.1) is 0 Å². The number of hydrogen-bond donors (Lipinski definition) is 1. The number of pyridine rings is 1. The molecule has 1 aromatic carbocycles. The van der Waals surface area contributed by atoms with Crippen LogP contribution in [-0.4, -0.2) is 29.0 Å². The van der Waals surface area contributed by atoms with Crippen molar-refractivity contribution in [3.05, 3.63) is 54.0 Å². The summed E-state index contributed by atoms with van der Waals surface area (Å²) in [5, 5.41) is 2.92. The molecule has 1 N–H and O–H groups in total. The van der Waals surface area contributed by atoms with Crippen LogP contribution < -0.4 is 10.1 Å². The fraction of sp³-hybridized carbons (Fsp3) is 0.368. The van der Waals surface area contributed by atoms with Crippen LogP contribution in [0.25, 0.3) is 0 Å². The number of ether oxygens (including phenoxy) is 1. The largest absolute Gasteiger partial charge is 0.439 e. The molecule has 1 aromatic heterocycles. The number of urea groups is 1. The van der Waals surface area contributed by atoms with Gasteiger partial charge in [0.2, 0.25) is 5.88 Å². The first-order valence-electron chi connectivity index (χ1n) is 8.51. The number of carbonyl (C=O) groups excluding carboxylic acids is 1. The number of amides is 2. The number of rotatable bonds is 4. The molecule has 2 amide bonds. The molecule has 1 fully saturated rings. The molecule has 0 bridgehead atoms. The Morgan fingerprint density at radius 2 is 2.12 bits per heavy atom. The van der Waals surface area contributed by atoms with Gasteiger partial charge in [-0.25, -0.2) is 14.2 Å². The second kappa shape index (κ2) is 7.96. The highest BCUT2D eigenvalue weighted by molar-refractivity contribution is 5.74. The summed E-state index contributed by atoms with van der Waals surface area (Å²) < 4.78 is 18.6. The molecule has 132 valence electrons. The number of benzene rings is 1. The summed E-state index contributed by atoms with van der Waals surface area (Å²) in [6.45, 7) is 4.25.